The molecule has 0 heterocycles. The van der Waals surface area contributed by atoms with Gasteiger partial charge in [-0.25, -0.2) is 4.79 Å². The molecule has 0 aliphatic heterocycles. The summed E-state index contributed by atoms with van der Waals surface area (Å²) in [6, 6.07) is 18.2. The van der Waals surface area contributed by atoms with Crippen molar-refractivity contribution in [3.8, 4) is 0 Å². The lowest BCUT2D eigenvalue weighted by atomic mass is 10.1. The van der Waals surface area contributed by atoms with Crippen molar-refractivity contribution in [3.63, 3.8) is 0 Å². The molecule has 23 heavy (non-hydrogen) atoms. The molecule has 0 aromatic heterocycles. The van der Waals surface area contributed by atoms with Gasteiger partial charge in [-0.05, 0) is 43.5 Å². The van der Waals surface area contributed by atoms with Gasteiger partial charge in [0.15, 0.2) is 0 Å². The maximum Gasteiger partial charge on any atom is 0.331 e. The highest BCUT2D eigenvalue weighted by Gasteiger charge is 2.13. The molecule has 118 valence electrons. The van der Waals surface area contributed by atoms with Crippen molar-refractivity contribution in [3.05, 3.63) is 77.4 Å². The first-order valence-electron chi connectivity index (χ1n) is 7.67. The minimum atomic E-state index is -0.465. The Morgan fingerprint density at radius 3 is 1.78 bits per heavy atom. The minimum absolute atomic E-state index is 0.328. The van der Waals surface area contributed by atoms with E-state index in [-0.39, 0.29) is 5.97 Å². The highest BCUT2D eigenvalue weighted by atomic mass is 16.6. The Morgan fingerprint density at radius 1 is 0.783 bits per heavy atom. The smallest absolute Gasteiger partial charge is 0.331 e. The van der Waals surface area contributed by atoms with E-state index >= 15 is 0 Å². The highest BCUT2D eigenvalue weighted by Crippen LogP contribution is 2.12. The quantitative estimate of drug-likeness (QED) is 0.440. The monoisotopic (exact) mass is 306 g/mol. The summed E-state index contributed by atoms with van der Waals surface area (Å²) in [7, 11) is 0. The van der Waals surface area contributed by atoms with Crippen LogP contribution in [-0.2, 0) is 9.53 Å². The van der Waals surface area contributed by atoms with Crippen molar-refractivity contribution in [1.82, 2.24) is 0 Å². The zero-order chi connectivity index (χ0) is 16.7. The molecule has 0 fully saturated rings. The Morgan fingerprint density at radius 2 is 1.26 bits per heavy atom. The Labute approximate surface area is 138 Å². The van der Waals surface area contributed by atoms with Gasteiger partial charge in [-0.3, -0.25) is 0 Å². The second-order valence-electron chi connectivity index (χ2n) is 6.28. The summed E-state index contributed by atoms with van der Waals surface area (Å²) >= 11 is 0. The molecule has 0 unspecified atom stereocenters. The van der Waals surface area contributed by atoms with E-state index in [1.807, 2.05) is 63.2 Å². The maximum atomic E-state index is 11.6. The van der Waals surface area contributed by atoms with Crippen LogP contribution in [0.15, 0.2) is 60.7 Å². The van der Waals surface area contributed by atoms with Crippen LogP contribution >= 0.6 is 0 Å². The number of hydrogen-bond acceptors (Lipinski definition) is 2. The predicted octanol–water partition coefficient (Wildman–Crippen LogP) is 5.21. The second kappa shape index (κ2) is 7.59. The summed E-state index contributed by atoms with van der Waals surface area (Å²) < 4.78 is 5.23. The molecule has 0 amide bonds. The van der Waals surface area contributed by atoms with Gasteiger partial charge in [0.2, 0.25) is 0 Å². The first kappa shape index (κ1) is 16.8. The normalized spacial score (nSPS) is 12.0. The van der Waals surface area contributed by atoms with Crippen LogP contribution in [0.5, 0.6) is 0 Å². The minimum Gasteiger partial charge on any atom is -0.457 e. The zero-order valence-electron chi connectivity index (χ0n) is 13.8. The molecule has 0 saturated carbocycles. The summed E-state index contributed by atoms with van der Waals surface area (Å²) in [5, 5.41) is 0. The van der Waals surface area contributed by atoms with Crippen molar-refractivity contribution >= 4 is 24.2 Å². The van der Waals surface area contributed by atoms with Crippen LogP contribution in [0.3, 0.4) is 0 Å². The third-order valence-electron chi connectivity index (χ3n) is 3.02. The van der Waals surface area contributed by atoms with E-state index in [9.17, 15) is 4.79 Å². The van der Waals surface area contributed by atoms with E-state index in [2.05, 4.69) is 24.3 Å². The molecule has 0 spiro atoms. The molecule has 2 rings (SSSR count). The van der Waals surface area contributed by atoms with Crippen molar-refractivity contribution < 1.29 is 9.53 Å². The van der Waals surface area contributed by atoms with Crippen molar-refractivity contribution in [2.75, 3.05) is 0 Å². The lowest BCUT2D eigenvalue weighted by Crippen LogP contribution is -2.22. The first-order chi connectivity index (χ1) is 10.9. The van der Waals surface area contributed by atoms with Crippen LogP contribution in [0.1, 0.15) is 37.5 Å². The Hall–Kier alpha value is -2.61. The molecule has 0 saturated heterocycles. The van der Waals surface area contributed by atoms with Gasteiger partial charge in [0, 0.05) is 6.08 Å². The highest BCUT2D eigenvalue weighted by molar-refractivity contribution is 5.87. The number of carbonyl (C=O) groups is 1. The van der Waals surface area contributed by atoms with Gasteiger partial charge in [0.1, 0.15) is 5.60 Å². The Balaban J connectivity index is 1.97. The molecule has 0 aliphatic rings. The summed E-state index contributed by atoms with van der Waals surface area (Å²) in [4.78, 5) is 11.6. The fourth-order valence-corrected chi connectivity index (χ4v) is 1.97. The van der Waals surface area contributed by atoms with Crippen LogP contribution in [0.25, 0.3) is 18.2 Å². The summed E-state index contributed by atoms with van der Waals surface area (Å²) in [6.07, 6.45) is 7.36. The number of esters is 1. The summed E-state index contributed by atoms with van der Waals surface area (Å²) in [6.45, 7) is 5.56. The van der Waals surface area contributed by atoms with Crippen LogP contribution in [0.4, 0.5) is 0 Å². The molecule has 0 N–H and O–H groups in total. The lowest BCUT2D eigenvalue weighted by Gasteiger charge is -2.17. The van der Waals surface area contributed by atoms with Crippen molar-refractivity contribution in [2.45, 2.75) is 26.4 Å². The van der Waals surface area contributed by atoms with E-state index in [0.29, 0.717) is 0 Å². The summed E-state index contributed by atoms with van der Waals surface area (Å²) in [5.74, 6) is -0.328. The second-order valence-corrected chi connectivity index (χ2v) is 6.28. The van der Waals surface area contributed by atoms with Gasteiger partial charge in [-0.1, -0.05) is 66.7 Å². The SMILES string of the molecule is CC(C)(C)OC(=O)/C=C/c1ccc(/C=C/c2ccccc2)cc1. The van der Waals surface area contributed by atoms with Crippen LogP contribution in [0, 0.1) is 0 Å². The first-order valence-corrected chi connectivity index (χ1v) is 7.67. The van der Waals surface area contributed by atoms with Gasteiger partial charge >= 0.3 is 5.97 Å². The van der Waals surface area contributed by atoms with Crippen molar-refractivity contribution in [1.29, 1.82) is 0 Å². The van der Waals surface area contributed by atoms with Gasteiger partial charge in [-0.15, -0.1) is 0 Å². The number of hydrogen-bond donors (Lipinski definition) is 0. The van der Waals surface area contributed by atoms with Crippen molar-refractivity contribution in [2.24, 2.45) is 0 Å². The third kappa shape index (κ3) is 6.35. The van der Waals surface area contributed by atoms with Gasteiger partial charge in [-0.2, -0.15) is 0 Å². The number of ether oxygens (including phenoxy) is 1. The molecule has 0 aliphatic carbocycles. The Kier molecular flexibility index (Phi) is 5.53. The molecule has 2 nitrogen and oxygen atoms in total. The molecule has 0 atom stereocenters. The fourth-order valence-electron chi connectivity index (χ4n) is 1.97. The van der Waals surface area contributed by atoms with Gasteiger partial charge in [0.25, 0.3) is 0 Å². The van der Waals surface area contributed by atoms with Crippen LogP contribution < -0.4 is 0 Å². The predicted molar refractivity (Wildman–Crippen MR) is 96.7 cm³/mol. The van der Waals surface area contributed by atoms with Gasteiger partial charge < -0.3 is 4.74 Å². The lowest BCUT2D eigenvalue weighted by molar-refractivity contribution is -0.148. The van der Waals surface area contributed by atoms with E-state index < -0.39 is 5.60 Å². The number of carbonyl (C=O) groups excluding carboxylic acids is 1. The molecule has 2 aromatic carbocycles. The van der Waals surface area contributed by atoms with E-state index in [1.165, 1.54) is 11.6 Å². The topological polar surface area (TPSA) is 26.3 Å². The van der Waals surface area contributed by atoms with Gasteiger partial charge in [0.05, 0.1) is 0 Å². The molecular weight excluding hydrogens is 284 g/mol. The molecular formula is C21H22O2. The summed E-state index contributed by atoms with van der Waals surface area (Å²) in [5.41, 5.74) is 2.78. The largest absolute Gasteiger partial charge is 0.457 e. The molecule has 0 bridgehead atoms. The molecule has 0 radical (unpaired) electrons. The Bertz CT molecular complexity index is 687. The average Bonchev–Trinajstić information content (AvgIpc) is 2.51. The molecule has 2 heteroatoms. The van der Waals surface area contributed by atoms with Crippen LogP contribution in [0.2, 0.25) is 0 Å². The standard InChI is InChI=1S/C21H22O2/c1-21(2,3)23-20(22)16-15-19-13-11-18(12-14-19)10-9-17-7-5-4-6-8-17/h4-16H,1-3H3/b10-9+,16-15+. The fraction of sp³-hybridized carbons (Fsp3) is 0.190. The maximum absolute atomic E-state index is 11.6. The zero-order valence-corrected chi connectivity index (χ0v) is 13.8. The van der Waals surface area contributed by atoms with Crippen LogP contribution in [-0.4, -0.2) is 11.6 Å². The third-order valence-corrected chi connectivity index (χ3v) is 3.02. The average molecular weight is 306 g/mol. The molecule has 2 aromatic rings. The van der Waals surface area contributed by atoms with E-state index in [1.54, 1.807) is 6.08 Å². The van der Waals surface area contributed by atoms with E-state index in [0.717, 1.165) is 11.1 Å². The van der Waals surface area contributed by atoms with E-state index in [4.69, 9.17) is 4.74 Å². The number of rotatable bonds is 4. The number of benzene rings is 2.